The molecule has 0 aliphatic rings. The summed E-state index contributed by atoms with van der Waals surface area (Å²) in [7, 11) is 1.68. The van der Waals surface area contributed by atoms with Gasteiger partial charge < -0.3 is 9.72 Å². The number of fused-ring (bicyclic) bond motifs is 3. The number of aromatic nitrogens is 2. The van der Waals surface area contributed by atoms with Crippen molar-refractivity contribution in [3.63, 3.8) is 0 Å². The van der Waals surface area contributed by atoms with Gasteiger partial charge in [-0.3, -0.25) is 4.98 Å². The molecule has 3 nitrogen and oxygen atoms in total. The fraction of sp³-hybridized carbons (Fsp3) is 0.214. The topological polar surface area (TPSA) is 37.9 Å². The summed E-state index contributed by atoms with van der Waals surface area (Å²) in [6.45, 7) is 2.11. The van der Waals surface area contributed by atoms with E-state index in [9.17, 15) is 0 Å². The standard InChI is InChI=1S/C14H14N2O/c1-3-10-14-13(12(17-2)8-15-10)9-6-4-5-7-11(9)16-14/h4-8,16H,3H2,1-2H3. The quantitative estimate of drug-likeness (QED) is 0.728. The fourth-order valence-corrected chi connectivity index (χ4v) is 2.30. The Labute approximate surface area is 99.4 Å². The second-order valence-electron chi connectivity index (χ2n) is 4.05. The van der Waals surface area contributed by atoms with E-state index in [2.05, 4.69) is 29.0 Å². The first-order valence-corrected chi connectivity index (χ1v) is 5.77. The average Bonchev–Trinajstić information content (AvgIpc) is 2.77. The molecule has 0 aliphatic heterocycles. The largest absolute Gasteiger partial charge is 0.494 e. The van der Waals surface area contributed by atoms with Crippen molar-refractivity contribution >= 4 is 21.8 Å². The first-order chi connectivity index (χ1) is 8.35. The molecular formula is C14H14N2O. The highest BCUT2D eigenvalue weighted by Gasteiger charge is 2.12. The number of H-pyrrole nitrogens is 1. The zero-order valence-electron chi connectivity index (χ0n) is 9.95. The molecule has 0 aliphatic carbocycles. The minimum absolute atomic E-state index is 0.828. The van der Waals surface area contributed by atoms with Gasteiger partial charge in [0.05, 0.1) is 29.9 Å². The maximum atomic E-state index is 5.41. The SMILES string of the molecule is CCc1ncc(OC)c2c1[nH]c1ccccc12. The third-order valence-electron chi connectivity index (χ3n) is 3.13. The summed E-state index contributed by atoms with van der Waals surface area (Å²) in [5.74, 6) is 0.828. The molecule has 2 aromatic heterocycles. The van der Waals surface area contributed by atoms with E-state index in [1.165, 1.54) is 5.39 Å². The van der Waals surface area contributed by atoms with Crippen LogP contribution in [0.2, 0.25) is 0 Å². The van der Waals surface area contributed by atoms with E-state index in [-0.39, 0.29) is 0 Å². The van der Waals surface area contributed by atoms with Crippen LogP contribution < -0.4 is 4.74 Å². The van der Waals surface area contributed by atoms with Gasteiger partial charge in [-0.05, 0) is 12.5 Å². The van der Waals surface area contributed by atoms with Gasteiger partial charge in [-0.15, -0.1) is 0 Å². The Morgan fingerprint density at radius 3 is 2.88 bits per heavy atom. The van der Waals surface area contributed by atoms with Crippen LogP contribution in [0.25, 0.3) is 21.8 Å². The molecule has 0 spiro atoms. The van der Waals surface area contributed by atoms with E-state index < -0.39 is 0 Å². The van der Waals surface area contributed by atoms with Crippen LogP contribution in [0.1, 0.15) is 12.6 Å². The number of hydrogen-bond acceptors (Lipinski definition) is 2. The molecule has 0 saturated carbocycles. The number of methoxy groups -OCH3 is 1. The number of nitrogens with one attached hydrogen (secondary N) is 1. The van der Waals surface area contributed by atoms with E-state index >= 15 is 0 Å². The second kappa shape index (κ2) is 3.77. The smallest absolute Gasteiger partial charge is 0.147 e. The predicted molar refractivity (Wildman–Crippen MR) is 69.5 cm³/mol. The molecule has 0 bridgehead atoms. The van der Waals surface area contributed by atoms with Gasteiger partial charge in [-0.25, -0.2) is 0 Å². The van der Waals surface area contributed by atoms with Crippen LogP contribution in [0.4, 0.5) is 0 Å². The fourth-order valence-electron chi connectivity index (χ4n) is 2.30. The zero-order chi connectivity index (χ0) is 11.8. The van der Waals surface area contributed by atoms with Crippen molar-refractivity contribution in [1.29, 1.82) is 0 Å². The summed E-state index contributed by atoms with van der Waals surface area (Å²) in [5.41, 5.74) is 3.30. The van der Waals surface area contributed by atoms with Crippen LogP contribution in [0.5, 0.6) is 5.75 Å². The highest BCUT2D eigenvalue weighted by atomic mass is 16.5. The van der Waals surface area contributed by atoms with Crippen LogP contribution >= 0.6 is 0 Å². The molecule has 2 heterocycles. The van der Waals surface area contributed by atoms with Crippen molar-refractivity contribution < 1.29 is 4.74 Å². The van der Waals surface area contributed by atoms with Crippen LogP contribution in [0, 0.1) is 0 Å². The molecule has 86 valence electrons. The van der Waals surface area contributed by atoms with Gasteiger partial charge in [0.1, 0.15) is 5.75 Å². The number of rotatable bonds is 2. The van der Waals surface area contributed by atoms with Gasteiger partial charge >= 0.3 is 0 Å². The van der Waals surface area contributed by atoms with Crippen LogP contribution in [0.3, 0.4) is 0 Å². The molecule has 3 aromatic rings. The molecule has 3 rings (SSSR count). The van der Waals surface area contributed by atoms with Gasteiger partial charge in [-0.1, -0.05) is 25.1 Å². The molecule has 17 heavy (non-hydrogen) atoms. The van der Waals surface area contributed by atoms with E-state index in [0.717, 1.165) is 34.3 Å². The normalized spacial score (nSPS) is 11.2. The lowest BCUT2D eigenvalue weighted by Gasteiger charge is -2.04. The average molecular weight is 226 g/mol. The van der Waals surface area contributed by atoms with E-state index in [1.54, 1.807) is 13.3 Å². The van der Waals surface area contributed by atoms with Crippen molar-refractivity contribution in [3.05, 3.63) is 36.2 Å². The van der Waals surface area contributed by atoms with Crippen molar-refractivity contribution in [2.45, 2.75) is 13.3 Å². The molecule has 0 unspecified atom stereocenters. The lowest BCUT2D eigenvalue weighted by atomic mass is 10.1. The molecule has 1 N–H and O–H groups in total. The van der Waals surface area contributed by atoms with E-state index in [1.807, 2.05) is 12.1 Å². The third-order valence-corrected chi connectivity index (χ3v) is 3.13. The maximum absolute atomic E-state index is 5.41. The number of nitrogens with zero attached hydrogens (tertiary/aromatic N) is 1. The Hall–Kier alpha value is -2.03. The van der Waals surface area contributed by atoms with Crippen molar-refractivity contribution in [2.75, 3.05) is 7.11 Å². The molecule has 0 radical (unpaired) electrons. The Morgan fingerprint density at radius 2 is 2.12 bits per heavy atom. The summed E-state index contributed by atoms with van der Waals surface area (Å²) >= 11 is 0. The molecule has 0 fully saturated rings. The van der Waals surface area contributed by atoms with Crippen molar-refractivity contribution in [2.24, 2.45) is 0 Å². The van der Waals surface area contributed by atoms with E-state index in [4.69, 9.17) is 4.74 Å². The van der Waals surface area contributed by atoms with Crippen LogP contribution in [-0.2, 0) is 6.42 Å². The van der Waals surface area contributed by atoms with Crippen molar-refractivity contribution in [1.82, 2.24) is 9.97 Å². The monoisotopic (exact) mass is 226 g/mol. The van der Waals surface area contributed by atoms with Gasteiger partial charge in [-0.2, -0.15) is 0 Å². The van der Waals surface area contributed by atoms with Gasteiger partial charge in [0.2, 0.25) is 0 Å². The Balaban J connectivity index is 2.53. The maximum Gasteiger partial charge on any atom is 0.147 e. The number of pyridine rings is 1. The number of aryl methyl sites for hydroxylation is 1. The van der Waals surface area contributed by atoms with Crippen LogP contribution in [-0.4, -0.2) is 17.1 Å². The molecule has 0 atom stereocenters. The first kappa shape index (κ1) is 10.1. The number of aromatic amines is 1. The van der Waals surface area contributed by atoms with Crippen molar-refractivity contribution in [3.8, 4) is 5.75 Å². The van der Waals surface area contributed by atoms with Gasteiger partial charge in [0.25, 0.3) is 0 Å². The number of benzene rings is 1. The molecular weight excluding hydrogens is 212 g/mol. The van der Waals surface area contributed by atoms with Gasteiger partial charge in [0.15, 0.2) is 0 Å². The first-order valence-electron chi connectivity index (χ1n) is 5.77. The number of ether oxygens (including phenoxy) is 1. The second-order valence-corrected chi connectivity index (χ2v) is 4.05. The molecule has 1 aromatic carbocycles. The van der Waals surface area contributed by atoms with E-state index in [0.29, 0.717) is 0 Å². The summed E-state index contributed by atoms with van der Waals surface area (Å²) in [5, 5.41) is 2.33. The minimum Gasteiger partial charge on any atom is -0.494 e. The number of para-hydroxylation sites is 1. The Morgan fingerprint density at radius 1 is 1.29 bits per heavy atom. The van der Waals surface area contributed by atoms with Gasteiger partial charge in [0, 0.05) is 10.9 Å². The predicted octanol–water partition coefficient (Wildman–Crippen LogP) is 3.29. The lowest BCUT2D eigenvalue weighted by molar-refractivity contribution is 0.418. The Bertz CT molecular complexity index is 685. The summed E-state index contributed by atoms with van der Waals surface area (Å²) in [6.07, 6.45) is 2.72. The summed E-state index contributed by atoms with van der Waals surface area (Å²) < 4.78 is 5.41. The lowest BCUT2D eigenvalue weighted by Crippen LogP contribution is -1.92. The molecule has 0 amide bonds. The Kier molecular flexibility index (Phi) is 2.25. The highest BCUT2D eigenvalue weighted by Crippen LogP contribution is 2.33. The molecule has 0 saturated heterocycles. The number of hydrogen-bond donors (Lipinski definition) is 1. The summed E-state index contributed by atoms with van der Waals surface area (Å²) in [4.78, 5) is 7.86. The summed E-state index contributed by atoms with van der Waals surface area (Å²) in [6, 6.07) is 8.26. The highest BCUT2D eigenvalue weighted by molar-refractivity contribution is 6.10. The zero-order valence-corrected chi connectivity index (χ0v) is 9.95. The third kappa shape index (κ3) is 1.39. The van der Waals surface area contributed by atoms with Crippen LogP contribution in [0.15, 0.2) is 30.5 Å². The molecule has 3 heteroatoms. The minimum atomic E-state index is 0.828.